The fourth-order valence-corrected chi connectivity index (χ4v) is 5.39. The Kier molecular flexibility index (Phi) is 4.66. The molecule has 108 valence electrons. The molecule has 1 aromatic rings. The minimum absolute atomic E-state index is 0.220. The van der Waals surface area contributed by atoms with Crippen molar-refractivity contribution < 1.29 is 8.42 Å². The van der Waals surface area contributed by atoms with Crippen molar-refractivity contribution in [2.45, 2.75) is 57.0 Å². The number of nitrogens with two attached hydrogens (primary N) is 1. The number of thiophene rings is 1. The summed E-state index contributed by atoms with van der Waals surface area (Å²) in [6, 6.07) is 1.97. The van der Waals surface area contributed by atoms with Gasteiger partial charge in [0.2, 0.25) is 10.0 Å². The maximum absolute atomic E-state index is 12.8. The number of hydrogen-bond acceptors (Lipinski definition) is 4. The van der Waals surface area contributed by atoms with Gasteiger partial charge in [0.05, 0.1) is 4.90 Å². The average Bonchev–Trinajstić information content (AvgIpc) is 3.11. The van der Waals surface area contributed by atoms with E-state index in [2.05, 4.69) is 6.92 Å². The maximum atomic E-state index is 12.8. The Labute approximate surface area is 119 Å². The van der Waals surface area contributed by atoms with Crippen LogP contribution in [0.1, 0.15) is 42.4 Å². The molecule has 4 nitrogen and oxygen atoms in total. The van der Waals surface area contributed by atoms with Gasteiger partial charge in [0.25, 0.3) is 0 Å². The summed E-state index contributed by atoms with van der Waals surface area (Å²) in [4.78, 5) is 2.24. The van der Waals surface area contributed by atoms with E-state index in [0.29, 0.717) is 18.0 Å². The molecule has 0 atom stereocenters. The molecule has 0 aromatic carbocycles. The molecule has 19 heavy (non-hydrogen) atoms. The SMILES string of the molecule is CCCCN(C1CC1)S(=O)(=O)c1cc(CN)sc1C. The highest BCUT2D eigenvalue weighted by Gasteiger charge is 2.38. The zero-order valence-electron chi connectivity index (χ0n) is 11.6. The van der Waals surface area contributed by atoms with Gasteiger partial charge in [-0.1, -0.05) is 13.3 Å². The van der Waals surface area contributed by atoms with Gasteiger partial charge in [-0.2, -0.15) is 4.31 Å². The van der Waals surface area contributed by atoms with Crippen LogP contribution < -0.4 is 5.73 Å². The fraction of sp³-hybridized carbons (Fsp3) is 0.692. The van der Waals surface area contributed by atoms with Crippen molar-refractivity contribution in [3.8, 4) is 0 Å². The third-order valence-electron chi connectivity index (χ3n) is 3.40. The smallest absolute Gasteiger partial charge is 0.244 e. The molecule has 0 bridgehead atoms. The predicted octanol–water partition coefficient (Wildman–Crippen LogP) is 2.47. The topological polar surface area (TPSA) is 63.4 Å². The Bertz CT molecular complexity index is 533. The Balaban J connectivity index is 2.30. The third-order valence-corrected chi connectivity index (χ3v) is 6.68. The molecule has 1 aliphatic rings. The van der Waals surface area contributed by atoms with Crippen LogP contribution in [0.3, 0.4) is 0 Å². The lowest BCUT2D eigenvalue weighted by atomic mass is 10.3. The normalized spacial score (nSPS) is 16.2. The van der Waals surface area contributed by atoms with E-state index in [4.69, 9.17) is 5.73 Å². The molecule has 1 aromatic heterocycles. The van der Waals surface area contributed by atoms with Crippen LogP contribution in [-0.2, 0) is 16.6 Å². The van der Waals surface area contributed by atoms with Crippen molar-refractivity contribution in [2.75, 3.05) is 6.54 Å². The first-order valence-electron chi connectivity index (χ1n) is 6.82. The first kappa shape index (κ1) is 15.0. The molecule has 0 spiro atoms. The number of rotatable bonds is 7. The zero-order valence-corrected chi connectivity index (χ0v) is 13.2. The molecular weight excluding hydrogens is 280 g/mol. The summed E-state index contributed by atoms with van der Waals surface area (Å²) >= 11 is 1.48. The summed E-state index contributed by atoms with van der Waals surface area (Å²) in [5.41, 5.74) is 5.61. The van der Waals surface area contributed by atoms with Gasteiger partial charge in [0.1, 0.15) is 0 Å². The van der Waals surface area contributed by atoms with Gasteiger partial charge in [-0.25, -0.2) is 8.42 Å². The second-order valence-electron chi connectivity index (χ2n) is 5.04. The van der Waals surface area contributed by atoms with Crippen molar-refractivity contribution >= 4 is 21.4 Å². The lowest BCUT2D eigenvalue weighted by molar-refractivity contribution is 0.395. The second kappa shape index (κ2) is 5.91. The van der Waals surface area contributed by atoms with Crippen molar-refractivity contribution in [3.05, 3.63) is 15.8 Å². The number of sulfonamides is 1. The molecule has 1 heterocycles. The fourth-order valence-electron chi connectivity index (χ4n) is 2.18. The highest BCUT2D eigenvalue weighted by atomic mass is 32.2. The summed E-state index contributed by atoms with van der Waals surface area (Å²) in [6.45, 7) is 4.98. The van der Waals surface area contributed by atoms with Gasteiger partial charge in [0.15, 0.2) is 0 Å². The van der Waals surface area contributed by atoms with Gasteiger partial charge in [-0.3, -0.25) is 0 Å². The Morgan fingerprint density at radius 3 is 2.63 bits per heavy atom. The van der Waals surface area contributed by atoms with Crippen LogP contribution in [0.5, 0.6) is 0 Å². The van der Waals surface area contributed by atoms with Crippen LogP contribution in [0.4, 0.5) is 0 Å². The summed E-state index contributed by atoms with van der Waals surface area (Å²) in [7, 11) is -3.34. The number of unbranched alkanes of at least 4 members (excludes halogenated alkanes) is 1. The Morgan fingerprint density at radius 2 is 2.16 bits per heavy atom. The molecular formula is C13H22N2O2S2. The van der Waals surface area contributed by atoms with Crippen molar-refractivity contribution in [3.63, 3.8) is 0 Å². The van der Waals surface area contributed by atoms with E-state index in [9.17, 15) is 8.42 Å². The quantitative estimate of drug-likeness (QED) is 0.841. The van der Waals surface area contributed by atoms with E-state index in [1.165, 1.54) is 11.3 Å². The van der Waals surface area contributed by atoms with Gasteiger partial charge in [-0.15, -0.1) is 11.3 Å². The van der Waals surface area contributed by atoms with Crippen molar-refractivity contribution in [1.29, 1.82) is 0 Å². The minimum Gasteiger partial charge on any atom is -0.326 e. The lowest BCUT2D eigenvalue weighted by Gasteiger charge is -2.21. The van der Waals surface area contributed by atoms with Gasteiger partial charge in [-0.05, 0) is 32.3 Å². The molecule has 1 aliphatic carbocycles. The number of nitrogens with zero attached hydrogens (tertiary/aromatic N) is 1. The highest BCUT2D eigenvalue weighted by Crippen LogP contribution is 2.35. The predicted molar refractivity (Wildman–Crippen MR) is 78.8 cm³/mol. The first-order valence-corrected chi connectivity index (χ1v) is 9.07. The molecule has 2 N–H and O–H groups in total. The molecule has 0 aliphatic heterocycles. The molecule has 0 amide bonds. The van der Waals surface area contributed by atoms with Crippen LogP contribution in [0, 0.1) is 6.92 Å². The summed E-state index contributed by atoms with van der Waals surface area (Å²) < 4.78 is 27.2. The molecule has 0 radical (unpaired) electrons. The average molecular weight is 302 g/mol. The van der Waals surface area contributed by atoms with E-state index < -0.39 is 10.0 Å². The molecule has 1 saturated carbocycles. The van der Waals surface area contributed by atoms with E-state index in [-0.39, 0.29) is 6.04 Å². The zero-order chi connectivity index (χ0) is 14.0. The number of hydrogen-bond donors (Lipinski definition) is 1. The first-order chi connectivity index (χ1) is 9.00. The van der Waals surface area contributed by atoms with Crippen molar-refractivity contribution in [1.82, 2.24) is 4.31 Å². The molecule has 0 unspecified atom stereocenters. The van der Waals surface area contributed by atoms with E-state index in [1.807, 2.05) is 6.92 Å². The maximum Gasteiger partial charge on any atom is 0.244 e. The lowest BCUT2D eigenvalue weighted by Crippen LogP contribution is -2.34. The van der Waals surface area contributed by atoms with Crippen LogP contribution in [-0.4, -0.2) is 25.3 Å². The molecule has 6 heteroatoms. The van der Waals surface area contributed by atoms with Crippen LogP contribution in [0.25, 0.3) is 0 Å². The van der Waals surface area contributed by atoms with Crippen LogP contribution in [0.15, 0.2) is 11.0 Å². The molecule has 1 fully saturated rings. The second-order valence-corrected chi connectivity index (χ2v) is 8.24. The monoisotopic (exact) mass is 302 g/mol. The molecule has 0 saturated heterocycles. The Morgan fingerprint density at radius 1 is 1.47 bits per heavy atom. The third kappa shape index (κ3) is 3.18. The summed E-state index contributed by atoms with van der Waals surface area (Å²) in [5, 5.41) is 0. The minimum atomic E-state index is -3.34. The van der Waals surface area contributed by atoms with E-state index in [0.717, 1.165) is 35.4 Å². The van der Waals surface area contributed by atoms with Gasteiger partial charge >= 0.3 is 0 Å². The molecule has 2 rings (SSSR count). The summed E-state index contributed by atoms with van der Waals surface area (Å²) in [6.07, 6.45) is 3.92. The largest absolute Gasteiger partial charge is 0.326 e. The van der Waals surface area contributed by atoms with Gasteiger partial charge < -0.3 is 5.73 Å². The van der Waals surface area contributed by atoms with Gasteiger partial charge in [0, 0.05) is 28.9 Å². The van der Waals surface area contributed by atoms with Crippen LogP contribution >= 0.6 is 11.3 Å². The standard InChI is InChI=1S/C13H22N2O2S2/c1-3-4-7-15(11-5-6-11)19(16,17)13-8-12(9-14)18-10(13)2/h8,11H,3-7,9,14H2,1-2H3. The number of aryl methyl sites for hydroxylation is 1. The van der Waals surface area contributed by atoms with Crippen molar-refractivity contribution in [2.24, 2.45) is 5.73 Å². The highest BCUT2D eigenvalue weighted by molar-refractivity contribution is 7.89. The van der Waals surface area contributed by atoms with Crippen LogP contribution in [0.2, 0.25) is 0 Å². The summed E-state index contributed by atoms with van der Waals surface area (Å²) in [5.74, 6) is 0. The van der Waals surface area contributed by atoms with E-state index in [1.54, 1.807) is 10.4 Å². The van der Waals surface area contributed by atoms with E-state index >= 15 is 0 Å². The Hall–Kier alpha value is -0.430.